The highest BCUT2D eigenvalue weighted by Crippen LogP contribution is 2.30. The van der Waals surface area contributed by atoms with Crippen LogP contribution >= 0.6 is 0 Å². The van der Waals surface area contributed by atoms with Crippen molar-refractivity contribution >= 4 is 11.7 Å². The van der Waals surface area contributed by atoms with Crippen molar-refractivity contribution in [3.63, 3.8) is 0 Å². The second-order valence-corrected chi connectivity index (χ2v) is 8.35. The van der Waals surface area contributed by atoms with Crippen LogP contribution in [0.4, 0.5) is 5.82 Å². The number of aromatic nitrogens is 2. The number of anilines is 1. The predicted octanol–water partition coefficient (Wildman–Crippen LogP) is 5.13. The molecule has 2 aromatic carbocycles. The molecule has 0 saturated heterocycles. The Hall–Kier alpha value is -3.49. The zero-order valence-electron chi connectivity index (χ0n) is 20.5. The first-order chi connectivity index (χ1) is 17.0. The summed E-state index contributed by atoms with van der Waals surface area (Å²) in [7, 11) is 0. The van der Waals surface area contributed by atoms with Crippen LogP contribution in [0.25, 0.3) is 22.5 Å². The Bertz CT molecular complexity index is 1080. The highest BCUT2D eigenvalue weighted by Gasteiger charge is 2.18. The molecule has 0 aliphatic rings. The Morgan fingerprint density at radius 1 is 1.00 bits per heavy atom. The molecule has 0 saturated carbocycles. The van der Waals surface area contributed by atoms with Gasteiger partial charge in [0, 0.05) is 28.9 Å². The highest BCUT2D eigenvalue weighted by atomic mass is 16.5. The number of carbonyl (C=O) groups is 1. The lowest BCUT2D eigenvalue weighted by atomic mass is 10.0. The summed E-state index contributed by atoms with van der Waals surface area (Å²) in [5, 5.41) is 2.33. The zero-order valence-corrected chi connectivity index (χ0v) is 20.5. The molecule has 35 heavy (non-hydrogen) atoms. The first kappa shape index (κ1) is 26.1. The summed E-state index contributed by atoms with van der Waals surface area (Å²) in [6, 6.07) is 20.3. The molecule has 0 bridgehead atoms. The first-order valence-electron chi connectivity index (χ1n) is 11.8. The maximum atomic E-state index is 11.0. The number of hydrogen-bond donors (Lipinski definition) is 0. The van der Waals surface area contributed by atoms with E-state index in [1.807, 2.05) is 73.8 Å². The molecule has 1 atom stereocenters. The van der Waals surface area contributed by atoms with Crippen molar-refractivity contribution in [2.24, 2.45) is 5.18 Å². The third-order valence-corrected chi connectivity index (χ3v) is 5.54. The molecule has 184 valence electrons. The maximum Gasteiger partial charge on any atom is 0.311 e. The normalized spacial score (nSPS) is 11.9. The molecule has 1 unspecified atom stereocenters. The number of ether oxygens (including phenoxy) is 2. The molecule has 1 amide bonds. The molecular weight excluding hydrogens is 444 g/mol. The molecule has 3 aromatic rings. The number of nitroso groups, excluding NO2 is 1. The predicted molar refractivity (Wildman–Crippen MR) is 137 cm³/mol. The molecule has 0 aliphatic heterocycles. The second kappa shape index (κ2) is 13.4. The minimum Gasteiger partial charge on any atom is -0.374 e. The molecule has 8 nitrogen and oxygen atoms in total. The van der Waals surface area contributed by atoms with Gasteiger partial charge in [0.25, 0.3) is 0 Å². The van der Waals surface area contributed by atoms with Gasteiger partial charge in [-0.05, 0) is 20.3 Å². The number of nitrogens with zero attached hydrogens (tertiary/aromatic N) is 4. The third kappa shape index (κ3) is 7.50. The van der Waals surface area contributed by atoms with E-state index in [9.17, 15) is 9.70 Å². The fourth-order valence-corrected chi connectivity index (χ4v) is 3.67. The summed E-state index contributed by atoms with van der Waals surface area (Å²) in [6.45, 7) is 7.14. The smallest absolute Gasteiger partial charge is 0.311 e. The van der Waals surface area contributed by atoms with Gasteiger partial charge in [0.2, 0.25) is 0 Å². The van der Waals surface area contributed by atoms with E-state index in [4.69, 9.17) is 19.4 Å². The van der Waals surface area contributed by atoms with Crippen molar-refractivity contribution in [2.75, 3.05) is 31.3 Å². The van der Waals surface area contributed by atoms with Gasteiger partial charge < -0.3 is 14.4 Å². The van der Waals surface area contributed by atoms with E-state index in [1.165, 1.54) is 0 Å². The molecule has 0 fully saturated rings. The quantitative estimate of drug-likeness (QED) is 0.316. The van der Waals surface area contributed by atoms with Crippen molar-refractivity contribution in [3.8, 4) is 22.5 Å². The monoisotopic (exact) mass is 476 g/mol. The molecule has 1 aromatic heterocycles. The van der Waals surface area contributed by atoms with Gasteiger partial charge in [0.15, 0.2) is 0 Å². The zero-order chi connectivity index (χ0) is 25.0. The van der Waals surface area contributed by atoms with Gasteiger partial charge in [-0.1, -0.05) is 67.6 Å². The number of rotatable bonds is 13. The lowest BCUT2D eigenvalue weighted by Crippen LogP contribution is -2.36. The van der Waals surface area contributed by atoms with E-state index in [0.29, 0.717) is 19.6 Å². The van der Waals surface area contributed by atoms with Crippen molar-refractivity contribution in [3.05, 3.63) is 71.8 Å². The molecule has 1 heterocycles. The lowest BCUT2D eigenvalue weighted by molar-refractivity contribution is -0.124. The van der Waals surface area contributed by atoms with E-state index < -0.39 is 5.91 Å². The van der Waals surface area contributed by atoms with E-state index in [0.717, 1.165) is 28.3 Å². The number of benzene rings is 2. The van der Waals surface area contributed by atoms with Crippen LogP contribution in [0.3, 0.4) is 0 Å². The fourth-order valence-electron chi connectivity index (χ4n) is 3.67. The van der Waals surface area contributed by atoms with Crippen molar-refractivity contribution < 1.29 is 14.3 Å². The van der Waals surface area contributed by atoms with E-state index in [2.05, 4.69) is 23.9 Å². The standard InChI is InChI=1S/C27H32N4O4/c1-4-23(18-34-19-25(32)30-33)35-16-15-31(20(2)3)24-17-28-26(21-11-7-5-8-12-21)27(29-24)22-13-9-6-10-14-22/h5-14,17,20,23H,4,15-16,18-19H2,1-3H3. The van der Waals surface area contributed by atoms with Gasteiger partial charge in [-0.15, -0.1) is 4.91 Å². The molecule has 3 rings (SSSR count). The summed E-state index contributed by atoms with van der Waals surface area (Å²) in [5.74, 6) is -0.0494. The molecule has 0 spiro atoms. The average Bonchev–Trinajstić information content (AvgIpc) is 2.90. The van der Waals surface area contributed by atoms with Crippen molar-refractivity contribution in [2.45, 2.75) is 39.3 Å². The Morgan fingerprint density at radius 2 is 1.63 bits per heavy atom. The van der Waals surface area contributed by atoms with Crippen LogP contribution in [0.15, 0.2) is 72.0 Å². The van der Waals surface area contributed by atoms with Gasteiger partial charge >= 0.3 is 5.91 Å². The maximum absolute atomic E-state index is 11.0. The molecule has 0 N–H and O–H groups in total. The summed E-state index contributed by atoms with van der Waals surface area (Å²) in [5.41, 5.74) is 3.68. The van der Waals surface area contributed by atoms with Crippen LogP contribution in [0, 0.1) is 4.91 Å². The van der Waals surface area contributed by atoms with E-state index in [1.54, 1.807) is 0 Å². The molecule has 0 aliphatic carbocycles. The largest absolute Gasteiger partial charge is 0.374 e. The Morgan fingerprint density at radius 3 is 2.20 bits per heavy atom. The van der Waals surface area contributed by atoms with Crippen LogP contribution in [0.2, 0.25) is 0 Å². The van der Waals surface area contributed by atoms with Gasteiger partial charge in [-0.25, -0.2) is 4.98 Å². The van der Waals surface area contributed by atoms with Crippen LogP contribution in [-0.4, -0.2) is 54.4 Å². The lowest BCUT2D eigenvalue weighted by Gasteiger charge is -2.29. The fraction of sp³-hybridized carbons (Fsp3) is 0.370. The van der Waals surface area contributed by atoms with Crippen molar-refractivity contribution in [1.29, 1.82) is 0 Å². The topological polar surface area (TPSA) is 94.0 Å². The van der Waals surface area contributed by atoms with Gasteiger partial charge in [-0.3, -0.25) is 9.78 Å². The summed E-state index contributed by atoms with van der Waals surface area (Å²) in [4.78, 5) is 33.2. The van der Waals surface area contributed by atoms with Crippen LogP contribution in [0.5, 0.6) is 0 Å². The average molecular weight is 477 g/mol. The van der Waals surface area contributed by atoms with Gasteiger partial charge in [0.1, 0.15) is 12.4 Å². The molecular formula is C27H32N4O4. The number of amides is 1. The Labute approximate surface area is 206 Å². The second-order valence-electron chi connectivity index (χ2n) is 8.35. The van der Waals surface area contributed by atoms with E-state index in [-0.39, 0.29) is 25.4 Å². The van der Waals surface area contributed by atoms with Crippen LogP contribution < -0.4 is 4.90 Å². The minimum atomic E-state index is -0.822. The van der Waals surface area contributed by atoms with Gasteiger partial charge in [-0.2, -0.15) is 0 Å². The van der Waals surface area contributed by atoms with Crippen LogP contribution in [-0.2, 0) is 14.3 Å². The van der Waals surface area contributed by atoms with Crippen LogP contribution in [0.1, 0.15) is 27.2 Å². The highest BCUT2D eigenvalue weighted by molar-refractivity contribution is 5.79. The van der Waals surface area contributed by atoms with Gasteiger partial charge in [0.05, 0.1) is 36.9 Å². The number of hydrogen-bond acceptors (Lipinski definition) is 7. The summed E-state index contributed by atoms with van der Waals surface area (Å²) in [6.07, 6.45) is 2.34. The molecule has 0 radical (unpaired) electrons. The number of carbonyl (C=O) groups excluding carboxylic acids is 1. The van der Waals surface area contributed by atoms with E-state index >= 15 is 0 Å². The Balaban J connectivity index is 1.77. The first-order valence-corrected chi connectivity index (χ1v) is 11.8. The molecule has 8 heteroatoms. The minimum absolute atomic E-state index is 0.173. The SMILES string of the molecule is CCC(COCC(=O)N=O)OCCN(c1cnc(-c2ccccc2)c(-c2ccccc2)n1)C(C)C. The Kier molecular flexibility index (Phi) is 10.0. The summed E-state index contributed by atoms with van der Waals surface area (Å²) >= 11 is 0. The summed E-state index contributed by atoms with van der Waals surface area (Å²) < 4.78 is 11.2. The third-order valence-electron chi connectivity index (χ3n) is 5.54. The van der Waals surface area contributed by atoms with Crippen molar-refractivity contribution in [1.82, 2.24) is 9.97 Å².